The van der Waals surface area contributed by atoms with Gasteiger partial charge in [-0.1, -0.05) is 26.0 Å². The lowest BCUT2D eigenvalue weighted by atomic mass is 9.89. The van der Waals surface area contributed by atoms with Gasteiger partial charge in [0.15, 0.2) is 5.82 Å². The largest absolute Gasteiger partial charge is 0.380 e. The first-order chi connectivity index (χ1) is 17.7. The van der Waals surface area contributed by atoms with Crippen LogP contribution >= 0.6 is 0 Å². The highest BCUT2D eigenvalue weighted by Gasteiger charge is 2.23. The van der Waals surface area contributed by atoms with Crippen LogP contribution in [-0.2, 0) is 0 Å². The number of aromatic amines is 1. The summed E-state index contributed by atoms with van der Waals surface area (Å²) in [6, 6.07) is 3.56. The number of anilines is 2. The molecule has 3 N–H and O–H groups in total. The number of rotatable bonds is 9. The third kappa shape index (κ3) is 4.78. The van der Waals surface area contributed by atoms with Gasteiger partial charge in [0.1, 0.15) is 0 Å². The molecule has 5 rings (SSSR count). The fraction of sp³-hybridized carbons (Fsp3) is 0.231. The van der Waals surface area contributed by atoms with Crippen molar-refractivity contribution in [2.75, 3.05) is 5.32 Å². The molecular weight excluding hydrogens is 452 g/mol. The summed E-state index contributed by atoms with van der Waals surface area (Å²) in [5.41, 5.74) is 6.40. The van der Waals surface area contributed by atoms with Crippen LogP contribution in [0.15, 0.2) is 67.5 Å². The third-order valence-electron chi connectivity index (χ3n) is 6.02. The first kappa shape index (κ1) is 23.2. The molecule has 0 bridgehead atoms. The summed E-state index contributed by atoms with van der Waals surface area (Å²) in [5.74, 6) is 1.48. The molecule has 0 saturated carbocycles. The molecule has 5 heterocycles. The number of aromatic nitrogens is 8. The quantitative estimate of drug-likeness (QED) is 0.316. The molecule has 1 aliphatic rings. The Bertz CT molecular complexity index is 1410. The molecule has 0 spiro atoms. The number of hydrogen-bond donors (Lipinski definition) is 3. The number of nitrogens with one attached hydrogen (secondary N) is 3. The van der Waals surface area contributed by atoms with Gasteiger partial charge >= 0.3 is 0 Å². The average Bonchev–Trinajstić information content (AvgIpc) is 3.54. The molecule has 4 aromatic heterocycles. The summed E-state index contributed by atoms with van der Waals surface area (Å²) in [6.45, 7) is 8.13. The highest BCUT2D eigenvalue weighted by Crippen LogP contribution is 2.35. The molecule has 36 heavy (non-hydrogen) atoms. The molecule has 4 aromatic rings. The van der Waals surface area contributed by atoms with Crippen molar-refractivity contribution in [2.45, 2.75) is 39.2 Å². The maximum atomic E-state index is 4.74. The molecule has 10 nitrogen and oxygen atoms in total. The van der Waals surface area contributed by atoms with Gasteiger partial charge in [0.05, 0.1) is 23.6 Å². The second-order valence-corrected chi connectivity index (χ2v) is 8.45. The van der Waals surface area contributed by atoms with Gasteiger partial charge < -0.3 is 5.32 Å². The number of H-pyrrole nitrogens is 1. The Labute approximate surface area is 209 Å². The van der Waals surface area contributed by atoms with E-state index in [-0.39, 0.29) is 6.04 Å². The fourth-order valence-corrected chi connectivity index (χ4v) is 4.18. The van der Waals surface area contributed by atoms with E-state index < -0.39 is 0 Å². The van der Waals surface area contributed by atoms with Crippen LogP contribution in [0, 0.1) is 6.92 Å². The van der Waals surface area contributed by atoms with Crippen LogP contribution in [0.1, 0.15) is 54.7 Å². The number of aryl methyl sites for hydroxylation is 1. The molecule has 0 saturated heterocycles. The van der Waals surface area contributed by atoms with E-state index in [9.17, 15) is 0 Å². The molecule has 10 heteroatoms. The van der Waals surface area contributed by atoms with Gasteiger partial charge in [-0.15, -0.1) is 0 Å². The van der Waals surface area contributed by atoms with E-state index in [2.05, 4.69) is 66.5 Å². The van der Waals surface area contributed by atoms with Gasteiger partial charge in [0.25, 0.3) is 0 Å². The highest BCUT2D eigenvalue weighted by molar-refractivity contribution is 5.83. The Hall–Kier alpha value is -4.60. The van der Waals surface area contributed by atoms with E-state index in [0.717, 1.165) is 47.4 Å². The predicted octanol–water partition coefficient (Wildman–Crippen LogP) is 4.67. The predicted molar refractivity (Wildman–Crippen MR) is 139 cm³/mol. The summed E-state index contributed by atoms with van der Waals surface area (Å²) >= 11 is 0. The van der Waals surface area contributed by atoms with Crippen molar-refractivity contribution < 1.29 is 0 Å². The van der Waals surface area contributed by atoms with Crippen LogP contribution in [-0.4, -0.2) is 39.9 Å². The molecule has 0 fully saturated rings. The summed E-state index contributed by atoms with van der Waals surface area (Å²) in [5, 5.41) is 18.5. The minimum absolute atomic E-state index is 0.00871. The number of allylic oxidation sites excluding steroid dienone is 2. The Kier molecular flexibility index (Phi) is 6.65. The van der Waals surface area contributed by atoms with Crippen molar-refractivity contribution in [1.29, 1.82) is 0 Å². The lowest BCUT2D eigenvalue weighted by molar-refractivity contribution is 0.717. The Morgan fingerprint density at radius 3 is 2.81 bits per heavy atom. The van der Waals surface area contributed by atoms with Crippen LogP contribution in [0.3, 0.4) is 0 Å². The summed E-state index contributed by atoms with van der Waals surface area (Å²) < 4.78 is 1.77. The van der Waals surface area contributed by atoms with E-state index in [4.69, 9.17) is 5.10 Å². The van der Waals surface area contributed by atoms with E-state index in [1.54, 1.807) is 35.4 Å². The average molecular weight is 481 g/mol. The van der Waals surface area contributed by atoms with Crippen molar-refractivity contribution in [3.63, 3.8) is 0 Å². The highest BCUT2D eigenvalue weighted by atomic mass is 15.3. The van der Waals surface area contributed by atoms with Crippen LogP contribution in [0.4, 0.5) is 11.9 Å². The Balaban J connectivity index is 1.42. The molecule has 1 aliphatic heterocycles. The molecule has 0 radical (unpaired) electrons. The summed E-state index contributed by atoms with van der Waals surface area (Å²) in [7, 11) is 0. The standard InChI is InChI=1S/C26H28N10/c1-4-6-8-18-13-23(30-14-19(18)20-15-31-34-22(20)5-2)21-16-36(35-17(21)3)24-9-12-29-26(32-24)33-25-27-10-7-11-28-25/h5,7,9-16,23,30H,2,4,6,8H2,1,3H3,(H,31,34)(H,27,28,29,32,33). The zero-order valence-corrected chi connectivity index (χ0v) is 20.3. The number of nitrogens with zero attached hydrogens (tertiary/aromatic N) is 7. The number of hydrogen-bond acceptors (Lipinski definition) is 8. The normalized spacial score (nSPS) is 15.1. The van der Waals surface area contributed by atoms with Crippen molar-refractivity contribution in [3.05, 3.63) is 90.1 Å². The maximum absolute atomic E-state index is 4.74. The Morgan fingerprint density at radius 2 is 2.00 bits per heavy atom. The van der Waals surface area contributed by atoms with Crippen molar-refractivity contribution >= 4 is 23.5 Å². The fourth-order valence-electron chi connectivity index (χ4n) is 4.18. The molecule has 0 amide bonds. The van der Waals surface area contributed by atoms with Crippen molar-refractivity contribution in [3.8, 4) is 5.82 Å². The van der Waals surface area contributed by atoms with E-state index in [0.29, 0.717) is 17.7 Å². The monoisotopic (exact) mass is 480 g/mol. The zero-order chi connectivity index (χ0) is 24.9. The molecular formula is C26H28N10. The summed E-state index contributed by atoms with van der Waals surface area (Å²) in [4.78, 5) is 17.2. The van der Waals surface area contributed by atoms with Gasteiger partial charge in [0, 0.05) is 53.8 Å². The van der Waals surface area contributed by atoms with E-state index in [1.807, 2.05) is 25.4 Å². The van der Waals surface area contributed by atoms with Gasteiger partial charge in [-0.3, -0.25) is 10.4 Å². The van der Waals surface area contributed by atoms with Gasteiger partial charge in [-0.2, -0.15) is 15.2 Å². The number of dihydropyridines is 1. The lowest BCUT2D eigenvalue weighted by Crippen LogP contribution is -2.19. The minimum atomic E-state index is -0.00871. The molecule has 182 valence electrons. The maximum Gasteiger partial charge on any atom is 0.231 e. The topological polar surface area (TPSA) is 122 Å². The second kappa shape index (κ2) is 10.3. The van der Waals surface area contributed by atoms with Crippen LogP contribution in [0.5, 0.6) is 0 Å². The molecule has 0 aromatic carbocycles. The minimum Gasteiger partial charge on any atom is -0.380 e. The lowest BCUT2D eigenvalue weighted by Gasteiger charge is -2.24. The SMILES string of the molecule is C=Cc1[nH]ncc1C1=CNC(c2cn(-c3ccnc(Nc4ncccn4)n3)nc2C)C=C1CCCC. The number of unbranched alkanes of at least 4 members (excludes halogenated alkanes) is 1. The van der Waals surface area contributed by atoms with Crippen LogP contribution in [0.2, 0.25) is 0 Å². The zero-order valence-electron chi connectivity index (χ0n) is 20.3. The van der Waals surface area contributed by atoms with E-state index in [1.165, 1.54) is 5.57 Å². The van der Waals surface area contributed by atoms with Gasteiger partial charge in [-0.05, 0) is 37.5 Å². The van der Waals surface area contributed by atoms with Crippen molar-refractivity contribution in [2.24, 2.45) is 0 Å². The second-order valence-electron chi connectivity index (χ2n) is 8.45. The molecule has 1 atom stereocenters. The first-order valence-corrected chi connectivity index (χ1v) is 11.9. The Morgan fingerprint density at radius 1 is 1.17 bits per heavy atom. The first-order valence-electron chi connectivity index (χ1n) is 11.9. The van der Waals surface area contributed by atoms with Gasteiger partial charge in [0.2, 0.25) is 11.9 Å². The smallest absolute Gasteiger partial charge is 0.231 e. The molecule has 0 aliphatic carbocycles. The van der Waals surface area contributed by atoms with Crippen LogP contribution in [0.25, 0.3) is 17.5 Å². The summed E-state index contributed by atoms with van der Waals surface area (Å²) in [6.07, 6.45) is 18.3. The van der Waals surface area contributed by atoms with E-state index >= 15 is 0 Å². The van der Waals surface area contributed by atoms with Crippen LogP contribution < -0.4 is 10.6 Å². The third-order valence-corrected chi connectivity index (χ3v) is 6.02. The molecule has 1 unspecified atom stereocenters. The van der Waals surface area contributed by atoms with Gasteiger partial charge in [-0.25, -0.2) is 19.6 Å². The van der Waals surface area contributed by atoms with Crippen molar-refractivity contribution in [1.82, 2.24) is 45.2 Å².